The Bertz CT molecular complexity index is 4430. The van der Waals surface area contributed by atoms with Gasteiger partial charge in [-0.15, -0.1) is 0 Å². The molecule has 12 aromatic carbocycles. The van der Waals surface area contributed by atoms with E-state index in [9.17, 15) is 0 Å². The summed E-state index contributed by atoms with van der Waals surface area (Å²) in [7, 11) is 0. The highest BCUT2D eigenvalue weighted by Crippen LogP contribution is 2.67. The Morgan fingerprint density at radius 3 is 1.43 bits per heavy atom. The number of nitrogens with zero attached hydrogens (tertiary/aromatic N) is 1. The van der Waals surface area contributed by atoms with Crippen LogP contribution in [-0.4, -0.2) is 4.57 Å². The number of para-hydroxylation sites is 1. The van der Waals surface area contributed by atoms with Crippen molar-refractivity contribution in [2.24, 2.45) is 0 Å². The van der Waals surface area contributed by atoms with Gasteiger partial charge in [-0.05, 0) is 164 Å². The van der Waals surface area contributed by atoms with Gasteiger partial charge in [-0.1, -0.05) is 206 Å². The molecule has 0 atom stereocenters. The zero-order chi connectivity index (χ0) is 45.7. The van der Waals surface area contributed by atoms with Crippen LogP contribution in [0.2, 0.25) is 0 Å². The summed E-state index contributed by atoms with van der Waals surface area (Å²) >= 11 is 0. The SMILES string of the molecule is C1=CC(n2c3ccccc3c3cc(-c4c5ccccc5c(-c5cc6c(c7ccccc57)C5(c7ccccc7-c7ccccc75)c5c-6c6ccccc6c6ccccc56)c5ccccc45)ccc32)=CCC1. The molecule has 3 aliphatic rings. The van der Waals surface area contributed by atoms with Crippen LogP contribution in [0.15, 0.2) is 237 Å². The number of hydrogen-bond acceptors (Lipinski definition) is 0. The van der Waals surface area contributed by atoms with Crippen LogP contribution in [-0.2, 0) is 5.41 Å². The van der Waals surface area contributed by atoms with Gasteiger partial charge in [0.25, 0.3) is 0 Å². The smallest absolute Gasteiger partial charge is 0.0737 e. The first-order valence-electron chi connectivity index (χ1n) is 24.8. The molecule has 0 radical (unpaired) electrons. The van der Waals surface area contributed by atoms with E-state index in [1.54, 1.807) is 0 Å². The first-order valence-corrected chi connectivity index (χ1v) is 24.8. The van der Waals surface area contributed by atoms with Crippen LogP contribution >= 0.6 is 0 Å². The fourth-order valence-corrected chi connectivity index (χ4v) is 13.8. The van der Waals surface area contributed by atoms with Crippen LogP contribution in [0.4, 0.5) is 0 Å². The molecule has 1 nitrogen and oxygen atoms in total. The predicted molar refractivity (Wildman–Crippen MR) is 297 cm³/mol. The molecule has 1 heteroatoms. The van der Waals surface area contributed by atoms with Crippen LogP contribution in [0, 0.1) is 0 Å². The van der Waals surface area contributed by atoms with E-state index < -0.39 is 5.41 Å². The van der Waals surface area contributed by atoms with E-state index in [2.05, 4.69) is 241 Å². The van der Waals surface area contributed by atoms with Crippen molar-refractivity contribution in [3.63, 3.8) is 0 Å². The van der Waals surface area contributed by atoms with Gasteiger partial charge in [0.1, 0.15) is 0 Å². The lowest BCUT2D eigenvalue weighted by molar-refractivity contribution is 0.809. The van der Waals surface area contributed by atoms with Crippen molar-refractivity contribution in [1.82, 2.24) is 4.57 Å². The number of allylic oxidation sites excluding steroid dienone is 4. The molecular weight excluding hydrogens is 843 g/mol. The van der Waals surface area contributed by atoms with Crippen molar-refractivity contribution in [2.75, 3.05) is 0 Å². The van der Waals surface area contributed by atoms with Crippen molar-refractivity contribution < 1.29 is 0 Å². The fraction of sp³-hybridized carbons (Fsp3) is 0.0435. The normalized spacial score (nSPS) is 14.3. The first kappa shape index (κ1) is 38.2. The molecule has 1 heterocycles. The summed E-state index contributed by atoms with van der Waals surface area (Å²) in [5.41, 5.74) is 19.1. The molecule has 0 aliphatic heterocycles. The van der Waals surface area contributed by atoms with E-state index in [-0.39, 0.29) is 0 Å². The molecule has 13 aromatic rings. The molecule has 0 unspecified atom stereocenters. The maximum atomic E-state index is 2.61. The zero-order valence-electron chi connectivity index (χ0n) is 38.4. The van der Waals surface area contributed by atoms with Crippen molar-refractivity contribution in [1.29, 1.82) is 0 Å². The van der Waals surface area contributed by atoms with Crippen molar-refractivity contribution >= 4 is 81.4 Å². The number of hydrogen-bond donors (Lipinski definition) is 0. The van der Waals surface area contributed by atoms with Crippen LogP contribution in [0.1, 0.15) is 35.1 Å². The predicted octanol–water partition coefficient (Wildman–Crippen LogP) is 18.4. The van der Waals surface area contributed by atoms with Crippen LogP contribution in [0.3, 0.4) is 0 Å². The quantitative estimate of drug-likeness (QED) is 0.123. The summed E-state index contributed by atoms with van der Waals surface area (Å²) < 4.78 is 2.46. The lowest BCUT2D eigenvalue weighted by atomic mass is 9.68. The van der Waals surface area contributed by atoms with E-state index in [1.165, 1.54) is 148 Å². The van der Waals surface area contributed by atoms with Crippen molar-refractivity contribution in [3.05, 3.63) is 259 Å². The molecule has 1 aromatic heterocycles. The molecule has 0 fully saturated rings. The second kappa shape index (κ2) is 14.1. The molecule has 16 rings (SSSR count). The van der Waals surface area contributed by atoms with Gasteiger partial charge in [0.2, 0.25) is 0 Å². The Labute approximate surface area is 405 Å². The summed E-state index contributed by atoms with van der Waals surface area (Å²) in [6.45, 7) is 0. The van der Waals surface area contributed by atoms with E-state index in [1.807, 2.05) is 0 Å². The van der Waals surface area contributed by atoms with Gasteiger partial charge in [0.15, 0.2) is 0 Å². The number of fused-ring (bicyclic) bond motifs is 22. The second-order valence-electron chi connectivity index (χ2n) is 19.6. The summed E-state index contributed by atoms with van der Waals surface area (Å²) in [5, 5.41) is 15.4. The summed E-state index contributed by atoms with van der Waals surface area (Å²) in [6.07, 6.45) is 9.14. The molecule has 0 amide bonds. The van der Waals surface area contributed by atoms with Gasteiger partial charge in [-0.3, -0.25) is 0 Å². The Morgan fingerprint density at radius 1 is 0.314 bits per heavy atom. The van der Waals surface area contributed by atoms with Gasteiger partial charge in [0, 0.05) is 16.5 Å². The molecular formula is C69H43N. The standard InChI is InChI=1S/C69H43N/c1-2-20-43(21-3-1)70-62-37-19-16-27-49(62)57-40-42(38-39-63(57)70)64-51-29-8-10-31-53(51)65(54-32-11-9-30-52(54)64)58-41-59-66-50-28-7-4-22-44(50)45-23-5-13-34-56(45)68(66)69(67(59)55-33-12-6-24-46(55)58)60-35-17-14-25-47(60)48-26-15-18-36-61(48)69/h2,4-41H,1,3H2. The van der Waals surface area contributed by atoms with Crippen molar-refractivity contribution in [3.8, 4) is 44.5 Å². The molecule has 3 aliphatic carbocycles. The maximum absolute atomic E-state index is 2.61. The molecule has 0 saturated carbocycles. The van der Waals surface area contributed by atoms with Gasteiger partial charge >= 0.3 is 0 Å². The third-order valence-electron chi connectivity index (χ3n) is 16.3. The molecule has 0 saturated heterocycles. The molecule has 0 bridgehead atoms. The van der Waals surface area contributed by atoms with Gasteiger partial charge < -0.3 is 4.57 Å². The van der Waals surface area contributed by atoms with Gasteiger partial charge in [-0.25, -0.2) is 0 Å². The molecule has 0 N–H and O–H groups in total. The Morgan fingerprint density at radius 2 is 0.800 bits per heavy atom. The van der Waals surface area contributed by atoms with Gasteiger partial charge in [-0.2, -0.15) is 0 Å². The molecule has 324 valence electrons. The third-order valence-corrected chi connectivity index (χ3v) is 16.3. The minimum absolute atomic E-state index is 0.542. The Balaban J connectivity index is 1.04. The van der Waals surface area contributed by atoms with Gasteiger partial charge in [0.05, 0.1) is 16.4 Å². The minimum atomic E-state index is -0.542. The lowest BCUT2D eigenvalue weighted by Gasteiger charge is -2.33. The molecule has 70 heavy (non-hydrogen) atoms. The Kier molecular flexibility index (Phi) is 7.72. The largest absolute Gasteiger partial charge is 0.310 e. The number of benzene rings is 12. The maximum Gasteiger partial charge on any atom is 0.0737 e. The highest BCUT2D eigenvalue weighted by Gasteiger charge is 2.54. The van der Waals surface area contributed by atoms with Crippen LogP contribution in [0.25, 0.3) is 126 Å². The number of rotatable bonds is 3. The minimum Gasteiger partial charge on any atom is -0.310 e. The number of aromatic nitrogens is 1. The average molecular weight is 886 g/mol. The fourth-order valence-electron chi connectivity index (χ4n) is 13.8. The van der Waals surface area contributed by atoms with Crippen LogP contribution < -0.4 is 0 Å². The monoisotopic (exact) mass is 885 g/mol. The van der Waals surface area contributed by atoms with Crippen LogP contribution in [0.5, 0.6) is 0 Å². The summed E-state index contributed by atoms with van der Waals surface area (Å²) in [5.74, 6) is 0. The second-order valence-corrected chi connectivity index (χ2v) is 19.6. The lowest BCUT2D eigenvalue weighted by Crippen LogP contribution is -2.26. The summed E-state index contributed by atoms with van der Waals surface area (Å²) in [6, 6.07) is 83.2. The van der Waals surface area contributed by atoms with E-state index in [4.69, 9.17) is 0 Å². The third kappa shape index (κ3) is 4.81. The molecule has 1 spiro atoms. The summed E-state index contributed by atoms with van der Waals surface area (Å²) in [4.78, 5) is 0. The van der Waals surface area contributed by atoms with E-state index in [0.717, 1.165) is 12.8 Å². The highest BCUT2D eigenvalue weighted by atomic mass is 15.0. The highest BCUT2D eigenvalue weighted by molar-refractivity contribution is 6.27. The Hall–Kier alpha value is -8.78. The first-order chi connectivity index (χ1) is 34.8. The van der Waals surface area contributed by atoms with E-state index >= 15 is 0 Å². The zero-order valence-corrected chi connectivity index (χ0v) is 38.4. The van der Waals surface area contributed by atoms with Crippen molar-refractivity contribution in [2.45, 2.75) is 18.3 Å². The van der Waals surface area contributed by atoms with E-state index in [0.29, 0.717) is 0 Å². The average Bonchev–Trinajstić information content (AvgIpc) is 4.05. The topological polar surface area (TPSA) is 4.93 Å².